The van der Waals surface area contributed by atoms with Crippen LogP contribution in [0.25, 0.3) is 0 Å². The van der Waals surface area contributed by atoms with Crippen LogP contribution in [0.5, 0.6) is 0 Å². The van der Waals surface area contributed by atoms with E-state index in [1.165, 1.54) is 16.4 Å². The molecule has 2 atom stereocenters. The van der Waals surface area contributed by atoms with Crippen molar-refractivity contribution in [1.82, 2.24) is 4.90 Å². The van der Waals surface area contributed by atoms with Gasteiger partial charge in [0.05, 0.1) is 11.1 Å². The van der Waals surface area contributed by atoms with Gasteiger partial charge in [0, 0.05) is 40.9 Å². The molecule has 0 aromatic carbocycles. The molecule has 1 saturated heterocycles. The van der Waals surface area contributed by atoms with E-state index < -0.39 is 0 Å². The summed E-state index contributed by atoms with van der Waals surface area (Å²) in [5.41, 5.74) is 5.92. The highest BCUT2D eigenvalue weighted by molar-refractivity contribution is 7.99. The van der Waals surface area contributed by atoms with Gasteiger partial charge in [0.25, 0.3) is 0 Å². The van der Waals surface area contributed by atoms with Crippen LogP contribution in [0.1, 0.15) is 17.8 Å². The molecule has 1 aliphatic heterocycles. The molecule has 1 aromatic heterocycles. The second-order valence-corrected chi connectivity index (χ2v) is 6.61. The zero-order valence-corrected chi connectivity index (χ0v) is 11.7. The molecule has 5 heteroatoms. The van der Waals surface area contributed by atoms with Crippen LogP contribution < -0.4 is 5.73 Å². The van der Waals surface area contributed by atoms with Gasteiger partial charge in [-0.05, 0) is 13.0 Å². The topological polar surface area (TPSA) is 29.3 Å². The maximum Gasteiger partial charge on any atom is 0.0567 e. The molecular weight excluding hydrogens is 260 g/mol. The fourth-order valence-electron chi connectivity index (χ4n) is 2.12. The largest absolute Gasteiger partial charge is 0.329 e. The number of nitrogens with two attached hydrogens (primary N) is 1. The molecule has 0 bridgehead atoms. The van der Waals surface area contributed by atoms with Crippen LogP contribution in [0.4, 0.5) is 0 Å². The van der Waals surface area contributed by atoms with Crippen molar-refractivity contribution in [2.75, 3.05) is 24.6 Å². The Kier molecular flexibility index (Phi) is 4.56. The predicted molar refractivity (Wildman–Crippen MR) is 74.6 cm³/mol. The lowest BCUT2D eigenvalue weighted by molar-refractivity contribution is 0.168. The molecule has 16 heavy (non-hydrogen) atoms. The van der Waals surface area contributed by atoms with Crippen molar-refractivity contribution in [3.8, 4) is 0 Å². The first-order chi connectivity index (χ1) is 7.72. The summed E-state index contributed by atoms with van der Waals surface area (Å²) in [5.74, 6) is 2.41. The normalized spacial score (nSPS) is 24.6. The Bertz CT molecular complexity index is 342. The molecule has 0 amide bonds. The molecule has 90 valence electrons. The van der Waals surface area contributed by atoms with Crippen molar-refractivity contribution in [3.63, 3.8) is 0 Å². The van der Waals surface area contributed by atoms with Gasteiger partial charge in [-0.2, -0.15) is 11.8 Å². The summed E-state index contributed by atoms with van der Waals surface area (Å²) in [6.07, 6.45) is 0. The average Bonchev–Trinajstić information content (AvgIpc) is 2.69. The Labute approximate surface area is 110 Å². The van der Waals surface area contributed by atoms with E-state index in [9.17, 15) is 0 Å². The average molecular weight is 277 g/mol. The van der Waals surface area contributed by atoms with Crippen LogP contribution in [0.2, 0.25) is 5.02 Å². The fourth-order valence-corrected chi connectivity index (χ4v) is 4.38. The van der Waals surface area contributed by atoms with Crippen LogP contribution in [0.3, 0.4) is 0 Å². The predicted octanol–water partition coefficient (Wildman–Crippen LogP) is 2.84. The quantitative estimate of drug-likeness (QED) is 0.921. The van der Waals surface area contributed by atoms with E-state index in [0.717, 1.165) is 11.6 Å². The van der Waals surface area contributed by atoms with Gasteiger partial charge in [-0.25, -0.2) is 0 Å². The number of hydrogen-bond donors (Lipinski definition) is 1. The second-order valence-electron chi connectivity index (χ2n) is 4.08. The minimum absolute atomic E-state index is 0.341. The Morgan fingerprint density at radius 2 is 2.50 bits per heavy atom. The molecule has 2 rings (SSSR count). The summed E-state index contributed by atoms with van der Waals surface area (Å²) in [7, 11) is 0. The minimum atomic E-state index is 0.341. The van der Waals surface area contributed by atoms with E-state index in [1.807, 2.05) is 17.1 Å². The summed E-state index contributed by atoms with van der Waals surface area (Å²) in [6.45, 7) is 4.08. The van der Waals surface area contributed by atoms with Crippen LogP contribution in [0, 0.1) is 0 Å². The summed E-state index contributed by atoms with van der Waals surface area (Å²) in [6, 6.07) is 3.00. The van der Waals surface area contributed by atoms with E-state index in [2.05, 4.69) is 17.9 Å². The van der Waals surface area contributed by atoms with Gasteiger partial charge in [-0.15, -0.1) is 11.3 Å². The Morgan fingerprint density at radius 3 is 3.06 bits per heavy atom. The lowest BCUT2D eigenvalue weighted by atomic mass is 10.1. The minimum Gasteiger partial charge on any atom is -0.329 e. The summed E-state index contributed by atoms with van der Waals surface area (Å²) in [4.78, 5) is 3.81. The van der Waals surface area contributed by atoms with E-state index in [0.29, 0.717) is 18.6 Å². The van der Waals surface area contributed by atoms with Crippen LogP contribution in [-0.2, 0) is 0 Å². The lowest BCUT2D eigenvalue weighted by Gasteiger charge is -2.38. The van der Waals surface area contributed by atoms with Gasteiger partial charge in [0.1, 0.15) is 0 Å². The van der Waals surface area contributed by atoms with Crippen molar-refractivity contribution in [2.24, 2.45) is 5.73 Å². The first-order valence-corrected chi connectivity index (χ1v) is 7.91. The van der Waals surface area contributed by atoms with Crippen LogP contribution in [0.15, 0.2) is 11.4 Å². The number of nitrogens with zero attached hydrogens (tertiary/aromatic N) is 1. The van der Waals surface area contributed by atoms with Gasteiger partial charge in [0.15, 0.2) is 0 Å². The van der Waals surface area contributed by atoms with E-state index in [1.54, 1.807) is 11.3 Å². The van der Waals surface area contributed by atoms with Gasteiger partial charge in [0.2, 0.25) is 0 Å². The third-order valence-electron chi connectivity index (χ3n) is 2.96. The summed E-state index contributed by atoms with van der Waals surface area (Å²) in [5, 5.41) is 2.82. The number of rotatable bonds is 3. The third kappa shape index (κ3) is 2.74. The first-order valence-electron chi connectivity index (χ1n) is 5.50. The number of hydrogen-bond acceptors (Lipinski definition) is 4. The van der Waals surface area contributed by atoms with Gasteiger partial charge >= 0.3 is 0 Å². The molecule has 2 N–H and O–H groups in total. The smallest absolute Gasteiger partial charge is 0.0567 e. The maximum absolute atomic E-state index is 5.98. The monoisotopic (exact) mass is 276 g/mol. The van der Waals surface area contributed by atoms with Crippen molar-refractivity contribution in [1.29, 1.82) is 0 Å². The zero-order valence-electron chi connectivity index (χ0n) is 9.36. The van der Waals surface area contributed by atoms with Gasteiger partial charge < -0.3 is 5.73 Å². The molecule has 1 aliphatic rings. The van der Waals surface area contributed by atoms with Crippen molar-refractivity contribution >= 4 is 34.7 Å². The zero-order chi connectivity index (χ0) is 11.5. The van der Waals surface area contributed by atoms with Crippen LogP contribution >= 0.6 is 34.7 Å². The Hall–Kier alpha value is 0.260. The molecule has 2 heterocycles. The molecule has 0 aliphatic carbocycles. The molecule has 0 radical (unpaired) electrons. The highest BCUT2D eigenvalue weighted by atomic mass is 35.5. The molecule has 2 nitrogen and oxygen atoms in total. The second kappa shape index (κ2) is 5.74. The number of thiophene rings is 1. The van der Waals surface area contributed by atoms with Crippen molar-refractivity contribution in [2.45, 2.75) is 19.0 Å². The van der Waals surface area contributed by atoms with Gasteiger partial charge in [-0.3, -0.25) is 4.90 Å². The highest BCUT2D eigenvalue weighted by Gasteiger charge is 2.27. The SMILES string of the molecule is CC1CSCCN1C(CN)c1cc(Cl)cs1. The number of halogens is 1. The fraction of sp³-hybridized carbons (Fsp3) is 0.636. The molecular formula is C11H17ClN2S2. The molecule has 2 unspecified atom stereocenters. The maximum atomic E-state index is 5.98. The van der Waals surface area contributed by atoms with E-state index in [-0.39, 0.29) is 0 Å². The molecule has 0 spiro atoms. The Morgan fingerprint density at radius 1 is 1.69 bits per heavy atom. The summed E-state index contributed by atoms with van der Waals surface area (Å²) < 4.78 is 0. The molecule has 0 saturated carbocycles. The standard InChI is InChI=1S/C11H17ClN2S2/c1-8-6-15-3-2-14(8)10(5-13)11-4-9(12)7-16-11/h4,7-8,10H,2-3,5-6,13H2,1H3. The van der Waals surface area contributed by atoms with E-state index in [4.69, 9.17) is 17.3 Å². The molecule has 1 fully saturated rings. The van der Waals surface area contributed by atoms with Crippen molar-refractivity contribution < 1.29 is 0 Å². The summed E-state index contributed by atoms with van der Waals surface area (Å²) >= 11 is 9.73. The molecule has 1 aromatic rings. The number of thioether (sulfide) groups is 1. The van der Waals surface area contributed by atoms with E-state index >= 15 is 0 Å². The Balaban J connectivity index is 2.14. The highest BCUT2D eigenvalue weighted by Crippen LogP contribution is 2.32. The van der Waals surface area contributed by atoms with Crippen molar-refractivity contribution in [3.05, 3.63) is 21.3 Å². The third-order valence-corrected chi connectivity index (χ3v) is 5.53. The first kappa shape index (κ1) is 12.7. The van der Waals surface area contributed by atoms with Gasteiger partial charge in [-0.1, -0.05) is 11.6 Å². The lowest BCUT2D eigenvalue weighted by Crippen LogP contribution is -2.44. The van der Waals surface area contributed by atoms with Crippen LogP contribution in [-0.4, -0.2) is 35.5 Å².